The molecule has 8 heteroatoms. The van der Waals surface area contributed by atoms with E-state index >= 15 is 0 Å². The van der Waals surface area contributed by atoms with Crippen molar-refractivity contribution in [1.82, 2.24) is 20.2 Å². The van der Waals surface area contributed by atoms with Crippen molar-refractivity contribution in [2.24, 2.45) is 0 Å². The van der Waals surface area contributed by atoms with Crippen LogP contribution in [-0.2, 0) is 17.4 Å². The number of benzene rings is 1. The number of fused-ring (bicyclic) bond motifs is 1. The Labute approximate surface area is 237 Å². The van der Waals surface area contributed by atoms with Gasteiger partial charge in [-0.05, 0) is 73.8 Å². The Balaban J connectivity index is 1.47. The molecule has 3 heterocycles. The van der Waals surface area contributed by atoms with Crippen LogP contribution in [-0.4, -0.2) is 72.4 Å². The predicted octanol–water partition coefficient (Wildman–Crippen LogP) is 5.18. The van der Waals surface area contributed by atoms with Gasteiger partial charge in [-0.25, -0.2) is 5.01 Å². The molecule has 7 nitrogen and oxygen atoms in total. The van der Waals surface area contributed by atoms with E-state index in [9.17, 15) is 5.11 Å². The second-order valence-electron chi connectivity index (χ2n) is 13.0. The first kappa shape index (κ1) is 29.6. The molecule has 0 saturated carbocycles. The number of anilines is 1. The lowest BCUT2D eigenvalue weighted by Crippen LogP contribution is -2.66. The fraction of sp³-hybridized carbons (Fsp3) is 0.548. The maximum absolute atomic E-state index is 11.4. The van der Waals surface area contributed by atoms with E-state index < -0.39 is 19.6 Å². The smallest absolute Gasteiger partial charge is 0.192 e. The largest absolute Gasteiger partial charge is 0.416 e. The van der Waals surface area contributed by atoms with Gasteiger partial charge < -0.3 is 20.2 Å². The van der Waals surface area contributed by atoms with Gasteiger partial charge in [0.15, 0.2) is 14.0 Å². The molecule has 0 saturated heterocycles. The lowest BCUT2D eigenvalue weighted by atomic mass is 9.88. The predicted molar refractivity (Wildman–Crippen MR) is 164 cm³/mol. The minimum absolute atomic E-state index is 0.226. The van der Waals surface area contributed by atoms with Crippen LogP contribution >= 0.6 is 0 Å². The van der Waals surface area contributed by atoms with Crippen molar-refractivity contribution in [2.45, 2.75) is 77.0 Å². The molecule has 0 bridgehead atoms. The summed E-state index contributed by atoms with van der Waals surface area (Å²) in [6.07, 6.45) is 13.2. The Kier molecular flexibility index (Phi) is 8.55. The van der Waals surface area contributed by atoms with Gasteiger partial charge in [0.2, 0.25) is 0 Å². The molecular formula is C31H49N5O2Si. The summed E-state index contributed by atoms with van der Waals surface area (Å²) in [6.45, 7) is 24.3. The van der Waals surface area contributed by atoms with E-state index in [1.165, 1.54) is 11.1 Å². The van der Waals surface area contributed by atoms with Gasteiger partial charge in [-0.15, -0.1) is 6.58 Å². The molecular weight excluding hydrogens is 502 g/mol. The molecule has 0 spiro atoms. The molecule has 3 aliphatic heterocycles. The standard InChI is InChI=1S/C31H49N5O2Si/c1-9-17-35-18-11-19-36(35)28-12-10-16-31(33-28,30(5,6)37)32-27-14-13-25-15-20-34(24-26(25)23-27)21-22-38-39(7,8)29(2,3)4/h9-14,16,19,23,32-33,37H,1,15,17-18,20-22,24H2,2-8H3. The minimum atomic E-state index is -1.74. The second kappa shape index (κ2) is 11.3. The number of aliphatic hydroxyl groups is 1. The molecule has 214 valence electrons. The molecule has 1 aromatic rings. The highest BCUT2D eigenvalue weighted by atomic mass is 28.4. The maximum Gasteiger partial charge on any atom is 0.192 e. The molecule has 1 unspecified atom stereocenters. The van der Waals surface area contributed by atoms with Gasteiger partial charge >= 0.3 is 0 Å². The third-order valence-corrected chi connectivity index (χ3v) is 13.2. The minimum Gasteiger partial charge on any atom is -0.416 e. The van der Waals surface area contributed by atoms with E-state index in [-0.39, 0.29) is 5.04 Å². The number of allylic oxidation sites excluding steroid dienone is 2. The first-order chi connectivity index (χ1) is 18.2. The highest BCUT2D eigenvalue weighted by Crippen LogP contribution is 2.37. The second-order valence-corrected chi connectivity index (χ2v) is 17.8. The summed E-state index contributed by atoms with van der Waals surface area (Å²) in [4.78, 5) is 2.50. The van der Waals surface area contributed by atoms with Gasteiger partial charge in [0.1, 0.15) is 11.4 Å². The Morgan fingerprint density at radius 1 is 1.21 bits per heavy atom. The average molecular weight is 552 g/mol. The Bertz CT molecular complexity index is 1130. The molecule has 0 radical (unpaired) electrons. The summed E-state index contributed by atoms with van der Waals surface area (Å²) in [6, 6.07) is 6.62. The molecule has 1 aromatic carbocycles. The van der Waals surface area contributed by atoms with Gasteiger partial charge in [0.05, 0.1) is 0 Å². The van der Waals surface area contributed by atoms with Crippen LogP contribution in [0.4, 0.5) is 5.69 Å². The summed E-state index contributed by atoms with van der Waals surface area (Å²) in [5, 5.41) is 23.2. The van der Waals surface area contributed by atoms with Gasteiger partial charge in [0.25, 0.3) is 0 Å². The molecule has 39 heavy (non-hydrogen) atoms. The third-order valence-electron chi connectivity index (χ3n) is 8.66. The lowest BCUT2D eigenvalue weighted by Gasteiger charge is -2.47. The molecule has 0 amide bonds. The first-order valence-electron chi connectivity index (χ1n) is 14.2. The summed E-state index contributed by atoms with van der Waals surface area (Å²) in [7, 11) is -1.74. The van der Waals surface area contributed by atoms with E-state index in [1.54, 1.807) is 0 Å². The van der Waals surface area contributed by atoms with Crippen LogP contribution in [0.1, 0.15) is 45.7 Å². The molecule has 0 aromatic heterocycles. The van der Waals surface area contributed by atoms with E-state index in [2.05, 4.69) is 96.5 Å². The Hall–Kier alpha value is -2.36. The van der Waals surface area contributed by atoms with Crippen molar-refractivity contribution in [3.05, 3.63) is 78.3 Å². The Morgan fingerprint density at radius 2 is 1.97 bits per heavy atom. The SMILES string of the molecule is C=CCN1CC=CN1C1=CC=CC(Nc2ccc3c(c2)CN(CCO[Si](C)(C)C(C)(C)C)CC3)(C(C)(C)O)N1. The van der Waals surface area contributed by atoms with Crippen molar-refractivity contribution in [3.63, 3.8) is 0 Å². The fourth-order valence-corrected chi connectivity index (χ4v) is 6.07. The average Bonchev–Trinajstić information content (AvgIpc) is 3.31. The van der Waals surface area contributed by atoms with Crippen LogP contribution in [0.2, 0.25) is 18.1 Å². The van der Waals surface area contributed by atoms with Crippen LogP contribution in [0.3, 0.4) is 0 Å². The highest BCUT2D eigenvalue weighted by Gasteiger charge is 2.45. The highest BCUT2D eigenvalue weighted by molar-refractivity contribution is 6.74. The quantitative estimate of drug-likeness (QED) is 0.274. The number of hydrazine groups is 1. The van der Waals surface area contributed by atoms with E-state index in [1.807, 2.05) is 38.2 Å². The number of hydrogen-bond donors (Lipinski definition) is 3. The van der Waals surface area contributed by atoms with E-state index in [4.69, 9.17) is 4.43 Å². The van der Waals surface area contributed by atoms with Gasteiger partial charge in [0, 0.05) is 51.2 Å². The summed E-state index contributed by atoms with van der Waals surface area (Å²) in [5.41, 5.74) is 1.72. The van der Waals surface area contributed by atoms with E-state index in [0.29, 0.717) is 0 Å². The molecule has 0 aliphatic carbocycles. The number of dihydropyridines is 1. The van der Waals surface area contributed by atoms with Crippen LogP contribution in [0.15, 0.2) is 67.2 Å². The van der Waals surface area contributed by atoms with Crippen LogP contribution in [0, 0.1) is 0 Å². The Morgan fingerprint density at radius 3 is 2.67 bits per heavy atom. The first-order valence-corrected chi connectivity index (χ1v) is 17.1. The molecule has 0 fully saturated rings. The van der Waals surface area contributed by atoms with Gasteiger partial charge in [-0.2, -0.15) is 0 Å². The van der Waals surface area contributed by atoms with Crippen molar-refractivity contribution >= 4 is 14.0 Å². The molecule has 4 rings (SSSR count). The zero-order valence-corrected chi connectivity index (χ0v) is 26.1. The van der Waals surface area contributed by atoms with Crippen molar-refractivity contribution in [3.8, 4) is 0 Å². The lowest BCUT2D eigenvalue weighted by molar-refractivity contribution is 0.00554. The summed E-state index contributed by atoms with van der Waals surface area (Å²) >= 11 is 0. The zero-order valence-electron chi connectivity index (χ0n) is 25.1. The number of hydrogen-bond acceptors (Lipinski definition) is 7. The molecule has 1 atom stereocenters. The normalized spacial score (nSPS) is 22.5. The van der Waals surface area contributed by atoms with Crippen LogP contribution in [0.25, 0.3) is 0 Å². The van der Waals surface area contributed by atoms with Crippen LogP contribution in [0.5, 0.6) is 0 Å². The van der Waals surface area contributed by atoms with Gasteiger partial charge in [-0.1, -0.05) is 45.1 Å². The zero-order chi connectivity index (χ0) is 28.5. The van der Waals surface area contributed by atoms with Crippen molar-refractivity contribution < 1.29 is 9.53 Å². The van der Waals surface area contributed by atoms with Crippen molar-refractivity contribution in [1.29, 1.82) is 0 Å². The van der Waals surface area contributed by atoms with Crippen LogP contribution < -0.4 is 10.6 Å². The fourth-order valence-electron chi connectivity index (χ4n) is 5.04. The monoisotopic (exact) mass is 551 g/mol. The summed E-state index contributed by atoms with van der Waals surface area (Å²) in [5.74, 6) is 0.897. The molecule has 3 N–H and O–H groups in total. The number of rotatable bonds is 10. The van der Waals surface area contributed by atoms with Gasteiger partial charge in [-0.3, -0.25) is 9.91 Å². The third kappa shape index (κ3) is 6.52. The summed E-state index contributed by atoms with van der Waals surface area (Å²) < 4.78 is 6.45. The maximum atomic E-state index is 11.4. The number of nitrogens with one attached hydrogen (secondary N) is 2. The molecule has 3 aliphatic rings. The topological polar surface area (TPSA) is 63.2 Å². The van der Waals surface area contributed by atoms with Crippen molar-refractivity contribution in [2.75, 3.05) is 38.1 Å². The number of nitrogens with zero attached hydrogens (tertiary/aromatic N) is 3. The van der Waals surface area contributed by atoms with E-state index in [0.717, 1.165) is 57.3 Å².